The summed E-state index contributed by atoms with van der Waals surface area (Å²) in [5.74, 6) is 5.22. The van der Waals surface area contributed by atoms with Gasteiger partial charge in [0.15, 0.2) is 34.5 Å². The van der Waals surface area contributed by atoms with Gasteiger partial charge >= 0.3 is 21.8 Å². The van der Waals surface area contributed by atoms with Crippen molar-refractivity contribution in [2.45, 2.75) is 108 Å². The van der Waals surface area contributed by atoms with E-state index in [0.717, 1.165) is 89.0 Å². The minimum atomic E-state index is -3.85. The van der Waals surface area contributed by atoms with E-state index < -0.39 is 26.7 Å². The monoisotopic (exact) mass is 912 g/mol. The highest BCUT2D eigenvalue weighted by molar-refractivity contribution is 7.80. The molecule has 0 radical (unpaired) electrons. The molecule has 10 heteroatoms. The Morgan fingerprint density at radius 2 is 0.600 bits per heavy atom. The largest absolute Gasteiger partial charge is 0.592 e. The van der Waals surface area contributed by atoms with Crippen molar-refractivity contribution in [1.29, 1.82) is 0 Å². The topological polar surface area (TPSA) is 73.8 Å². The Bertz CT molecular complexity index is 2640. The Labute approximate surface area is 386 Å². The Balaban J connectivity index is 1.47. The van der Waals surface area contributed by atoms with E-state index in [4.69, 9.17) is 36.6 Å². The van der Waals surface area contributed by atoms with Gasteiger partial charge in [-0.3, -0.25) is 27.1 Å². The first-order valence-corrected chi connectivity index (χ1v) is 25.8. The van der Waals surface area contributed by atoms with Crippen LogP contribution in [-0.4, -0.2) is 20.1 Å². The molecular formula is C55H62O8P2+2. The van der Waals surface area contributed by atoms with Crippen LogP contribution in [0.2, 0.25) is 0 Å². The van der Waals surface area contributed by atoms with Gasteiger partial charge in [-0.1, -0.05) is 65.8 Å². The second-order valence-corrected chi connectivity index (χ2v) is 25.0. The van der Waals surface area contributed by atoms with Gasteiger partial charge in [-0.05, 0) is 159 Å². The summed E-state index contributed by atoms with van der Waals surface area (Å²) < 4.78 is 58.9. The molecule has 2 spiro atoms. The van der Waals surface area contributed by atoms with Crippen LogP contribution in [0.25, 0.3) is 33.4 Å². The zero-order valence-corrected chi connectivity index (χ0v) is 42.6. The van der Waals surface area contributed by atoms with Crippen LogP contribution in [-0.2, 0) is 10.8 Å². The molecule has 3 aliphatic rings. The van der Waals surface area contributed by atoms with Crippen molar-refractivity contribution in [2.24, 2.45) is 0 Å². The van der Waals surface area contributed by atoms with Crippen molar-refractivity contribution in [3.8, 4) is 79.4 Å². The first-order chi connectivity index (χ1) is 30.5. The molecule has 65 heavy (non-hydrogen) atoms. The van der Waals surface area contributed by atoms with E-state index in [1.807, 2.05) is 12.1 Å². The lowest BCUT2D eigenvalue weighted by Gasteiger charge is -2.29. The lowest BCUT2D eigenvalue weighted by molar-refractivity contribution is 0.336. The average Bonchev–Trinajstić information content (AvgIpc) is 3.40. The SMILES string of the molecule is COc1cc2c(c(C(C)(C)C)c1)O[P+]1(C[P+]3(Oc4c(C)cc(C)cc4-c4cc(C)cc(C)c4O3)Oc3c-2cc(OC)cc3C(C)(C)C)Oc2c(C)cc(C)cc2-c2cc(C)cc(C)c2O1. The number of benzene rings is 6. The third kappa shape index (κ3) is 7.85. The molecule has 0 atom stereocenters. The fourth-order valence-electron chi connectivity index (χ4n) is 9.59. The molecule has 0 N–H and O–H groups in total. The molecule has 0 fully saturated rings. The molecule has 0 amide bonds. The molecule has 0 unspecified atom stereocenters. The Morgan fingerprint density at radius 3 is 0.846 bits per heavy atom. The van der Waals surface area contributed by atoms with Crippen LogP contribution in [0, 0.1) is 55.4 Å². The Kier molecular flexibility index (Phi) is 10.7. The van der Waals surface area contributed by atoms with Crippen molar-refractivity contribution in [1.82, 2.24) is 0 Å². The van der Waals surface area contributed by atoms with Gasteiger partial charge in [0.2, 0.25) is 0 Å². The number of rotatable bonds is 2. The number of hydrogen-bond acceptors (Lipinski definition) is 8. The van der Waals surface area contributed by atoms with Crippen LogP contribution >= 0.6 is 15.9 Å². The van der Waals surface area contributed by atoms with Gasteiger partial charge in [-0.2, -0.15) is 0 Å². The van der Waals surface area contributed by atoms with Crippen LogP contribution in [0.5, 0.6) is 46.0 Å². The molecule has 338 valence electrons. The summed E-state index contributed by atoms with van der Waals surface area (Å²) in [4.78, 5) is 0. The van der Waals surface area contributed by atoms with Crippen LogP contribution in [0.3, 0.4) is 0 Å². The quantitative estimate of drug-likeness (QED) is 0.159. The zero-order chi connectivity index (χ0) is 46.7. The highest BCUT2D eigenvalue weighted by Gasteiger charge is 2.73. The maximum absolute atomic E-state index is 7.92. The molecular weight excluding hydrogens is 851 g/mol. The van der Waals surface area contributed by atoms with Crippen LogP contribution in [0.15, 0.2) is 72.8 Å². The van der Waals surface area contributed by atoms with Crippen molar-refractivity contribution in [2.75, 3.05) is 20.1 Å². The van der Waals surface area contributed by atoms with Crippen LogP contribution in [0.1, 0.15) is 97.2 Å². The second-order valence-electron chi connectivity index (χ2n) is 20.3. The number of methoxy groups -OCH3 is 2. The summed E-state index contributed by atoms with van der Waals surface area (Å²) in [7, 11) is -4.32. The van der Waals surface area contributed by atoms with Gasteiger partial charge < -0.3 is 9.47 Å². The summed E-state index contributed by atoms with van der Waals surface area (Å²) in [6, 6.07) is 25.5. The fourth-order valence-corrected chi connectivity index (χ4v) is 15.9. The van der Waals surface area contributed by atoms with Crippen LogP contribution in [0.4, 0.5) is 0 Å². The first-order valence-electron chi connectivity index (χ1n) is 22.4. The summed E-state index contributed by atoms with van der Waals surface area (Å²) in [6.45, 7) is 29.9. The number of fused-ring (bicyclic) bond motifs is 9. The van der Waals surface area contributed by atoms with E-state index in [-0.39, 0.29) is 5.90 Å². The molecule has 6 aromatic rings. The average molecular weight is 913 g/mol. The number of aryl methyl sites for hydroxylation is 8. The van der Waals surface area contributed by atoms with E-state index in [0.29, 0.717) is 46.0 Å². The molecule has 6 aromatic carbocycles. The van der Waals surface area contributed by atoms with E-state index in [9.17, 15) is 0 Å². The summed E-state index contributed by atoms with van der Waals surface area (Å²) in [6.07, 6.45) is 0. The van der Waals surface area contributed by atoms with Gasteiger partial charge in [0, 0.05) is 44.5 Å². The molecule has 0 saturated heterocycles. The number of hydrogen-bond donors (Lipinski definition) is 0. The molecule has 3 heterocycles. The lowest BCUT2D eigenvalue weighted by atomic mass is 9.81. The van der Waals surface area contributed by atoms with Crippen molar-refractivity contribution in [3.05, 3.63) is 128 Å². The molecule has 0 bridgehead atoms. The van der Waals surface area contributed by atoms with Crippen molar-refractivity contribution in [3.63, 3.8) is 0 Å². The molecule has 3 aliphatic heterocycles. The normalized spacial score (nSPS) is 15.4. The van der Waals surface area contributed by atoms with Gasteiger partial charge in [0.05, 0.1) is 14.2 Å². The third-order valence-electron chi connectivity index (χ3n) is 12.5. The molecule has 9 rings (SSSR count). The van der Waals surface area contributed by atoms with E-state index >= 15 is 0 Å². The van der Waals surface area contributed by atoms with E-state index in [1.54, 1.807) is 14.2 Å². The molecule has 8 nitrogen and oxygen atoms in total. The first kappa shape index (κ1) is 44.8. The highest BCUT2D eigenvalue weighted by Crippen LogP contribution is 2.80. The predicted octanol–water partition coefficient (Wildman–Crippen LogP) is 16.0. The lowest BCUT2D eigenvalue weighted by Crippen LogP contribution is -2.27. The third-order valence-corrected chi connectivity index (χ3v) is 18.0. The highest BCUT2D eigenvalue weighted by atomic mass is 31.3. The van der Waals surface area contributed by atoms with Crippen LogP contribution < -0.4 is 36.6 Å². The van der Waals surface area contributed by atoms with E-state index in [1.165, 1.54) is 0 Å². The van der Waals surface area contributed by atoms with Gasteiger partial charge in [-0.15, -0.1) is 0 Å². The summed E-state index contributed by atoms with van der Waals surface area (Å²) in [5, 5.41) is 0. The Hall–Kier alpha value is -5.42. The van der Waals surface area contributed by atoms with Crippen molar-refractivity contribution < 1.29 is 36.6 Å². The molecule has 0 saturated carbocycles. The minimum Gasteiger partial charge on any atom is -0.497 e. The summed E-state index contributed by atoms with van der Waals surface area (Å²) in [5.41, 5.74) is 14.4. The maximum Gasteiger partial charge on any atom is 0.592 e. The second kappa shape index (κ2) is 15.6. The number of ether oxygens (including phenoxy) is 2. The van der Waals surface area contributed by atoms with Crippen molar-refractivity contribution >= 4 is 15.9 Å². The fraction of sp³-hybridized carbons (Fsp3) is 0.345. The smallest absolute Gasteiger partial charge is 0.497 e. The zero-order valence-electron chi connectivity index (χ0n) is 40.8. The minimum absolute atomic E-state index is 0.0247. The van der Waals surface area contributed by atoms with Gasteiger partial charge in [0.25, 0.3) is 0 Å². The van der Waals surface area contributed by atoms with Gasteiger partial charge in [0.1, 0.15) is 11.5 Å². The molecule has 0 aromatic heterocycles. The Morgan fingerprint density at radius 1 is 0.354 bits per heavy atom. The van der Waals surface area contributed by atoms with E-state index in [2.05, 4.69) is 158 Å². The standard InChI is InChI=1S/C55H62O8P2/c1-30-17-34(5)48-40(21-30)41-22-31(2)18-35(6)49(41)59-64(58-48)29-65(60-50-36(7)19-32(3)23-42(50)43-24-33(4)20-37(8)51(43)61-65)63-53-45(26-39(57-16)28-47(53)55(12,13)14)44-25-38(56-15)27-46(52(44)62-64)54(9,10)11/h17-28H,29H2,1-16H3/q+2. The maximum atomic E-state index is 7.92. The van der Waals surface area contributed by atoms with Gasteiger partial charge in [-0.25, -0.2) is 0 Å². The summed E-state index contributed by atoms with van der Waals surface area (Å²) >= 11 is 0. The molecule has 0 aliphatic carbocycles. The predicted molar refractivity (Wildman–Crippen MR) is 267 cm³/mol.